The normalized spacial score (nSPS) is 13.6. The summed E-state index contributed by atoms with van der Waals surface area (Å²) in [4.78, 5) is 19.9. The minimum absolute atomic E-state index is 0.0598. The van der Waals surface area contributed by atoms with E-state index in [0.717, 1.165) is 19.3 Å². The lowest BCUT2D eigenvalue weighted by Gasteiger charge is -2.19. The number of rotatable bonds is 9. The van der Waals surface area contributed by atoms with Crippen molar-refractivity contribution >= 4 is 23.3 Å². The van der Waals surface area contributed by atoms with Crippen molar-refractivity contribution in [3.63, 3.8) is 0 Å². The third-order valence-corrected chi connectivity index (χ3v) is 7.36. The number of nitrogens with one attached hydrogen (secondary N) is 2. The summed E-state index contributed by atoms with van der Waals surface area (Å²) in [5.74, 6) is -0.713. The van der Waals surface area contributed by atoms with Crippen LogP contribution in [0.25, 0.3) is 27.9 Å². The number of hydrogen-bond acceptors (Lipinski definition) is 7. The van der Waals surface area contributed by atoms with Crippen molar-refractivity contribution in [2.24, 2.45) is 5.92 Å². The molecule has 214 valence electrons. The van der Waals surface area contributed by atoms with Crippen molar-refractivity contribution in [2.45, 2.75) is 32.2 Å². The van der Waals surface area contributed by atoms with Crippen LogP contribution in [0, 0.1) is 17.7 Å². The van der Waals surface area contributed by atoms with E-state index in [2.05, 4.69) is 30.9 Å². The molecule has 14 heteroatoms. The molecule has 4 aromatic heterocycles. The third kappa shape index (κ3) is 5.42. The highest BCUT2D eigenvalue weighted by Crippen LogP contribution is 2.42. The number of tetrazole rings is 1. The Bertz CT molecular complexity index is 1770. The van der Waals surface area contributed by atoms with Crippen molar-refractivity contribution in [1.82, 2.24) is 35.3 Å². The lowest BCUT2D eigenvalue weighted by Crippen LogP contribution is -2.33. The average Bonchev–Trinajstić information content (AvgIpc) is 3.40. The number of aromatic amines is 1. The SMILES string of the molecule is COc1cc(C(CC2CC2)n2cc(-c3ccc(NC(C)=O)nc3F)cn2)ncc1-c1c(-[n+]2cnn[nH]2)ccc(Cl)c1F. The fourth-order valence-corrected chi connectivity index (χ4v) is 5.02. The summed E-state index contributed by atoms with van der Waals surface area (Å²) in [5.41, 5.74) is 2.39. The van der Waals surface area contributed by atoms with Crippen LogP contribution in [0.4, 0.5) is 14.6 Å². The molecule has 1 unspecified atom stereocenters. The van der Waals surface area contributed by atoms with Gasteiger partial charge in [0, 0.05) is 42.1 Å². The fourth-order valence-electron chi connectivity index (χ4n) is 4.86. The number of carbonyl (C=O) groups excluding carboxylic acids is 1. The van der Waals surface area contributed by atoms with Crippen LogP contribution in [-0.4, -0.2) is 48.3 Å². The van der Waals surface area contributed by atoms with Crippen LogP contribution in [0.5, 0.6) is 5.75 Å². The van der Waals surface area contributed by atoms with Crippen molar-refractivity contribution in [3.05, 3.63) is 77.7 Å². The van der Waals surface area contributed by atoms with Crippen LogP contribution in [-0.2, 0) is 4.79 Å². The summed E-state index contributed by atoms with van der Waals surface area (Å²) in [6, 6.07) is 7.64. The van der Waals surface area contributed by atoms with E-state index in [1.807, 2.05) is 0 Å². The smallest absolute Gasteiger partial charge is 0.293 e. The first-order chi connectivity index (χ1) is 20.3. The van der Waals surface area contributed by atoms with Crippen LogP contribution < -0.4 is 14.7 Å². The molecule has 0 spiro atoms. The number of pyridine rings is 2. The fraction of sp³-hybridized carbons (Fsp3) is 0.250. The summed E-state index contributed by atoms with van der Waals surface area (Å²) in [6.07, 6.45) is 9.20. The van der Waals surface area contributed by atoms with Gasteiger partial charge in [0.15, 0.2) is 11.0 Å². The van der Waals surface area contributed by atoms with Crippen molar-refractivity contribution in [2.75, 3.05) is 12.4 Å². The highest BCUT2D eigenvalue weighted by atomic mass is 35.5. The molecule has 1 aliphatic rings. The number of carbonyl (C=O) groups is 1. The van der Waals surface area contributed by atoms with Gasteiger partial charge in [-0.1, -0.05) is 29.7 Å². The number of ether oxygens (including phenoxy) is 1. The first kappa shape index (κ1) is 27.4. The number of H-pyrrole nitrogens is 1. The van der Waals surface area contributed by atoms with Crippen molar-refractivity contribution < 1.29 is 23.0 Å². The van der Waals surface area contributed by atoms with E-state index < -0.39 is 11.8 Å². The molecule has 0 radical (unpaired) electrons. The third-order valence-electron chi connectivity index (χ3n) is 7.07. The summed E-state index contributed by atoms with van der Waals surface area (Å²) in [7, 11) is 1.50. The Balaban J connectivity index is 1.38. The van der Waals surface area contributed by atoms with Gasteiger partial charge in [-0.15, -0.1) is 4.68 Å². The molecule has 0 aliphatic heterocycles. The molecule has 1 atom stereocenters. The van der Waals surface area contributed by atoms with Crippen LogP contribution in [0.15, 0.2) is 55.2 Å². The highest BCUT2D eigenvalue weighted by molar-refractivity contribution is 6.31. The summed E-state index contributed by atoms with van der Waals surface area (Å²) in [5, 5.41) is 17.1. The minimum Gasteiger partial charge on any atom is -0.496 e. The molecule has 11 nitrogen and oxygen atoms in total. The van der Waals surface area contributed by atoms with E-state index in [9.17, 15) is 9.18 Å². The number of methoxy groups -OCH3 is 1. The largest absolute Gasteiger partial charge is 0.496 e. The van der Waals surface area contributed by atoms with E-state index >= 15 is 4.39 Å². The van der Waals surface area contributed by atoms with Crippen molar-refractivity contribution in [3.8, 4) is 33.7 Å². The number of amides is 1. The van der Waals surface area contributed by atoms with Gasteiger partial charge in [0.05, 0.1) is 35.6 Å². The van der Waals surface area contributed by atoms with Gasteiger partial charge in [-0.2, -0.15) is 9.49 Å². The number of hydrogen-bond donors (Lipinski definition) is 2. The molecule has 1 amide bonds. The van der Waals surface area contributed by atoms with Gasteiger partial charge < -0.3 is 10.1 Å². The number of nitrogens with zero attached hydrogens (tertiary/aromatic N) is 7. The maximum absolute atomic E-state index is 15.5. The van der Waals surface area contributed by atoms with Crippen LogP contribution in [0.2, 0.25) is 5.02 Å². The maximum Gasteiger partial charge on any atom is 0.293 e. The second kappa shape index (κ2) is 11.2. The van der Waals surface area contributed by atoms with Crippen molar-refractivity contribution in [1.29, 1.82) is 0 Å². The Kier molecular flexibility index (Phi) is 7.33. The first-order valence-electron chi connectivity index (χ1n) is 13.1. The summed E-state index contributed by atoms with van der Waals surface area (Å²) >= 11 is 6.17. The predicted octanol–water partition coefficient (Wildman–Crippen LogP) is 4.69. The van der Waals surface area contributed by atoms with E-state index in [1.165, 1.54) is 37.2 Å². The molecule has 4 heterocycles. The quantitative estimate of drug-likeness (QED) is 0.188. The molecular weight excluding hydrogens is 568 g/mol. The molecule has 0 saturated heterocycles. The average molecular weight is 593 g/mol. The summed E-state index contributed by atoms with van der Waals surface area (Å²) in [6.45, 7) is 1.33. The Morgan fingerprint density at radius 2 is 2.07 bits per heavy atom. The summed E-state index contributed by atoms with van der Waals surface area (Å²) < 4.78 is 39.3. The second-order valence-electron chi connectivity index (χ2n) is 9.99. The molecule has 42 heavy (non-hydrogen) atoms. The Labute approximate surface area is 243 Å². The molecule has 1 aromatic carbocycles. The maximum atomic E-state index is 15.5. The van der Waals surface area contributed by atoms with Gasteiger partial charge in [0.2, 0.25) is 11.9 Å². The van der Waals surface area contributed by atoms with Crippen LogP contribution >= 0.6 is 11.6 Å². The van der Waals surface area contributed by atoms with E-state index in [-0.39, 0.29) is 33.9 Å². The Morgan fingerprint density at radius 1 is 1.24 bits per heavy atom. The van der Waals surface area contributed by atoms with E-state index in [4.69, 9.17) is 21.3 Å². The van der Waals surface area contributed by atoms with Gasteiger partial charge in [0.1, 0.15) is 22.4 Å². The van der Waals surface area contributed by atoms with Crippen LogP contribution in [0.3, 0.4) is 0 Å². The Hall–Kier alpha value is -4.78. The zero-order valence-corrected chi connectivity index (χ0v) is 23.3. The number of halogens is 3. The lowest BCUT2D eigenvalue weighted by molar-refractivity contribution is -0.659. The molecule has 6 rings (SSSR count). The molecular formula is C28H25ClF2N9O2+. The van der Waals surface area contributed by atoms with Gasteiger partial charge in [0.25, 0.3) is 6.33 Å². The predicted molar refractivity (Wildman–Crippen MR) is 148 cm³/mol. The first-order valence-corrected chi connectivity index (χ1v) is 13.5. The van der Waals surface area contributed by atoms with Gasteiger partial charge in [-0.25, -0.2) is 9.37 Å². The topological polar surface area (TPSA) is 127 Å². The highest BCUT2D eigenvalue weighted by Gasteiger charge is 2.30. The number of aromatic nitrogens is 8. The molecule has 0 bridgehead atoms. The van der Waals surface area contributed by atoms with Gasteiger partial charge >= 0.3 is 0 Å². The molecule has 5 aromatic rings. The van der Waals surface area contributed by atoms with E-state index in [1.54, 1.807) is 41.5 Å². The zero-order valence-electron chi connectivity index (χ0n) is 22.6. The second-order valence-corrected chi connectivity index (χ2v) is 10.4. The Morgan fingerprint density at radius 3 is 2.76 bits per heavy atom. The van der Waals surface area contributed by atoms with Crippen LogP contribution in [0.1, 0.15) is 37.9 Å². The number of benzene rings is 1. The van der Waals surface area contributed by atoms with Gasteiger partial charge in [-0.3, -0.25) is 14.5 Å². The standard InChI is InChI=1S/C28H24ClF2N9O2/c1-15(41)35-25-8-5-18(28(31)36-25)17-11-34-39(13-17)23(9-16-3-4-16)21-10-24(42-2)19(12-32-21)26-22(40-14-33-37-38-40)7-6-20(29)27(26)30/h5-8,10-14,16,23H,3-4,9H2,1-2H3,(H,35,36,41)/p+1. The monoisotopic (exact) mass is 592 g/mol. The molecule has 1 fully saturated rings. The minimum atomic E-state index is -0.728. The van der Waals surface area contributed by atoms with E-state index in [0.29, 0.717) is 34.2 Å². The lowest BCUT2D eigenvalue weighted by atomic mass is 10.0. The zero-order chi connectivity index (χ0) is 29.4. The number of anilines is 1. The molecule has 1 saturated carbocycles. The molecule has 1 aliphatic carbocycles. The molecule has 2 N–H and O–H groups in total. The van der Waals surface area contributed by atoms with Gasteiger partial charge in [-0.05, 0) is 36.6 Å².